The monoisotopic (exact) mass is 278 g/mol. The van der Waals surface area contributed by atoms with Gasteiger partial charge in [-0.3, -0.25) is 4.79 Å². The minimum atomic E-state index is -0.318. The second kappa shape index (κ2) is 4.80. The summed E-state index contributed by atoms with van der Waals surface area (Å²) in [6.07, 6.45) is 1.53. The molecule has 0 aliphatic heterocycles. The first kappa shape index (κ1) is 10.7. The van der Waals surface area contributed by atoms with Gasteiger partial charge in [-0.2, -0.15) is 5.10 Å². The van der Waals surface area contributed by atoms with Gasteiger partial charge in [0.15, 0.2) is 5.82 Å². The van der Waals surface area contributed by atoms with Gasteiger partial charge in [0.05, 0.1) is 0 Å². The summed E-state index contributed by atoms with van der Waals surface area (Å²) in [6, 6.07) is 8.46. The summed E-state index contributed by atoms with van der Waals surface area (Å²) in [4.78, 5) is 15.7. The molecular weight excluding hydrogens is 272 g/mol. The highest BCUT2D eigenvalue weighted by Gasteiger charge is 2.08. The number of halogens is 1. The molecule has 0 aliphatic carbocycles. The molecule has 0 saturated carbocycles. The van der Waals surface area contributed by atoms with Crippen LogP contribution in [0.4, 0.5) is 5.82 Å². The Morgan fingerprint density at radius 3 is 2.81 bits per heavy atom. The first-order chi connectivity index (χ1) is 7.75. The number of nitrogens with zero attached hydrogens (tertiary/aromatic N) is 3. The first-order valence-electron chi connectivity index (χ1n) is 4.47. The van der Waals surface area contributed by atoms with E-state index < -0.39 is 0 Å². The molecule has 2 aromatic rings. The van der Waals surface area contributed by atoms with Crippen LogP contribution in [-0.4, -0.2) is 21.1 Å². The zero-order chi connectivity index (χ0) is 11.4. The molecule has 5 nitrogen and oxygen atoms in total. The topological polar surface area (TPSA) is 67.8 Å². The van der Waals surface area contributed by atoms with Gasteiger partial charge in [-0.1, -0.05) is 6.07 Å². The molecule has 0 saturated heterocycles. The minimum Gasteiger partial charge on any atom is -0.304 e. The quantitative estimate of drug-likeness (QED) is 0.852. The van der Waals surface area contributed by atoms with E-state index in [0.29, 0.717) is 16.1 Å². The number of hydrogen-bond acceptors (Lipinski definition) is 4. The van der Waals surface area contributed by atoms with E-state index in [1.807, 2.05) is 0 Å². The molecule has 6 heteroatoms. The van der Waals surface area contributed by atoms with Crippen LogP contribution < -0.4 is 5.32 Å². The van der Waals surface area contributed by atoms with Crippen molar-refractivity contribution in [1.29, 1.82) is 0 Å². The molecule has 0 aliphatic rings. The number of carbonyl (C=O) groups excluding carboxylic acids is 1. The van der Waals surface area contributed by atoms with Gasteiger partial charge < -0.3 is 5.32 Å². The maximum atomic E-state index is 11.7. The second-order valence-electron chi connectivity index (χ2n) is 2.91. The lowest BCUT2D eigenvalue weighted by atomic mass is 10.3. The summed E-state index contributed by atoms with van der Waals surface area (Å²) in [5.74, 6) is 0.0797. The van der Waals surface area contributed by atoms with Gasteiger partial charge in [-0.05, 0) is 40.2 Å². The predicted molar refractivity (Wildman–Crippen MR) is 61.9 cm³/mol. The highest BCUT2D eigenvalue weighted by Crippen LogP contribution is 2.08. The number of anilines is 1. The SMILES string of the molecule is O=C(Nc1cccnn1)c1cccc(Br)n1. The summed E-state index contributed by atoms with van der Waals surface area (Å²) in [5, 5.41) is 9.99. The molecule has 2 aromatic heterocycles. The Labute approximate surface area is 100 Å². The molecule has 16 heavy (non-hydrogen) atoms. The van der Waals surface area contributed by atoms with Crippen LogP contribution in [0.2, 0.25) is 0 Å². The average molecular weight is 279 g/mol. The van der Waals surface area contributed by atoms with Gasteiger partial charge in [0.25, 0.3) is 5.91 Å². The molecule has 80 valence electrons. The lowest BCUT2D eigenvalue weighted by molar-refractivity contribution is 0.102. The smallest absolute Gasteiger partial charge is 0.275 e. The molecule has 0 fully saturated rings. The van der Waals surface area contributed by atoms with Crippen molar-refractivity contribution in [2.45, 2.75) is 0 Å². The minimum absolute atomic E-state index is 0.318. The van der Waals surface area contributed by atoms with Gasteiger partial charge in [-0.25, -0.2) is 4.98 Å². The summed E-state index contributed by atoms with van der Waals surface area (Å²) in [7, 11) is 0. The average Bonchev–Trinajstić information content (AvgIpc) is 2.30. The van der Waals surface area contributed by atoms with Gasteiger partial charge in [0, 0.05) is 6.20 Å². The van der Waals surface area contributed by atoms with Crippen molar-refractivity contribution in [3.05, 3.63) is 46.8 Å². The van der Waals surface area contributed by atoms with Crippen LogP contribution in [0.1, 0.15) is 10.5 Å². The lowest BCUT2D eigenvalue weighted by Gasteiger charge is -2.02. The number of hydrogen-bond donors (Lipinski definition) is 1. The van der Waals surface area contributed by atoms with E-state index in [1.165, 1.54) is 6.20 Å². The Bertz CT molecular complexity index is 503. The maximum absolute atomic E-state index is 11.7. The van der Waals surface area contributed by atoms with E-state index in [-0.39, 0.29) is 5.91 Å². The van der Waals surface area contributed by atoms with E-state index in [1.54, 1.807) is 30.3 Å². The molecule has 0 radical (unpaired) electrons. The molecule has 2 heterocycles. The Hall–Kier alpha value is -1.82. The zero-order valence-electron chi connectivity index (χ0n) is 8.09. The molecule has 0 spiro atoms. The van der Waals surface area contributed by atoms with E-state index in [2.05, 4.69) is 36.4 Å². The third kappa shape index (κ3) is 2.60. The molecular formula is C10H7BrN4O. The van der Waals surface area contributed by atoms with E-state index in [9.17, 15) is 4.79 Å². The third-order valence-electron chi connectivity index (χ3n) is 1.76. The number of rotatable bonds is 2. The molecule has 0 unspecified atom stereocenters. The standard InChI is InChI=1S/C10H7BrN4O/c11-8-4-1-3-7(13-8)10(16)14-9-5-2-6-12-15-9/h1-6H,(H,14,15,16). The fraction of sp³-hybridized carbons (Fsp3) is 0. The molecule has 0 aromatic carbocycles. The summed E-state index contributed by atoms with van der Waals surface area (Å²) in [5.41, 5.74) is 0.319. The molecule has 1 amide bonds. The van der Waals surface area contributed by atoms with Crippen molar-refractivity contribution in [2.24, 2.45) is 0 Å². The number of amides is 1. The third-order valence-corrected chi connectivity index (χ3v) is 2.20. The largest absolute Gasteiger partial charge is 0.304 e. The molecule has 1 N–H and O–H groups in total. The van der Waals surface area contributed by atoms with Crippen LogP contribution >= 0.6 is 15.9 Å². The van der Waals surface area contributed by atoms with Crippen LogP contribution in [-0.2, 0) is 0 Å². The van der Waals surface area contributed by atoms with Crippen molar-refractivity contribution in [3.63, 3.8) is 0 Å². The lowest BCUT2D eigenvalue weighted by Crippen LogP contribution is -2.14. The molecule has 2 rings (SSSR count). The van der Waals surface area contributed by atoms with Crippen molar-refractivity contribution >= 4 is 27.7 Å². The van der Waals surface area contributed by atoms with Gasteiger partial charge in [0.2, 0.25) is 0 Å². The van der Waals surface area contributed by atoms with Gasteiger partial charge in [-0.15, -0.1) is 5.10 Å². The number of aromatic nitrogens is 3. The highest BCUT2D eigenvalue weighted by molar-refractivity contribution is 9.10. The fourth-order valence-electron chi connectivity index (χ4n) is 1.08. The normalized spacial score (nSPS) is 9.81. The summed E-state index contributed by atoms with van der Waals surface area (Å²) < 4.78 is 0.610. The predicted octanol–water partition coefficient (Wildman–Crippen LogP) is 1.89. The van der Waals surface area contributed by atoms with E-state index in [0.717, 1.165) is 0 Å². The van der Waals surface area contributed by atoms with Crippen molar-refractivity contribution in [2.75, 3.05) is 5.32 Å². The molecule has 0 atom stereocenters. The molecule has 0 bridgehead atoms. The van der Waals surface area contributed by atoms with E-state index >= 15 is 0 Å². The Kier molecular flexibility index (Phi) is 3.21. The first-order valence-corrected chi connectivity index (χ1v) is 5.26. The van der Waals surface area contributed by atoms with Crippen molar-refractivity contribution in [3.8, 4) is 0 Å². The van der Waals surface area contributed by atoms with Crippen LogP contribution in [0.25, 0.3) is 0 Å². The number of nitrogens with one attached hydrogen (secondary N) is 1. The van der Waals surface area contributed by atoms with Crippen LogP contribution in [0.3, 0.4) is 0 Å². The highest BCUT2D eigenvalue weighted by atomic mass is 79.9. The Balaban J connectivity index is 2.15. The van der Waals surface area contributed by atoms with Crippen LogP contribution in [0.15, 0.2) is 41.1 Å². The Morgan fingerprint density at radius 1 is 1.25 bits per heavy atom. The van der Waals surface area contributed by atoms with E-state index in [4.69, 9.17) is 0 Å². The Morgan fingerprint density at radius 2 is 2.12 bits per heavy atom. The second-order valence-corrected chi connectivity index (χ2v) is 3.72. The van der Waals surface area contributed by atoms with Crippen LogP contribution in [0, 0.1) is 0 Å². The fourth-order valence-corrected chi connectivity index (χ4v) is 1.43. The number of pyridine rings is 1. The maximum Gasteiger partial charge on any atom is 0.275 e. The summed E-state index contributed by atoms with van der Waals surface area (Å²) >= 11 is 3.20. The zero-order valence-corrected chi connectivity index (χ0v) is 9.68. The van der Waals surface area contributed by atoms with Crippen LogP contribution in [0.5, 0.6) is 0 Å². The van der Waals surface area contributed by atoms with Gasteiger partial charge in [0.1, 0.15) is 10.3 Å². The summed E-state index contributed by atoms with van der Waals surface area (Å²) in [6.45, 7) is 0. The van der Waals surface area contributed by atoms with Crippen molar-refractivity contribution in [1.82, 2.24) is 15.2 Å². The van der Waals surface area contributed by atoms with Gasteiger partial charge >= 0.3 is 0 Å². The van der Waals surface area contributed by atoms with Crippen molar-refractivity contribution < 1.29 is 4.79 Å². The number of carbonyl (C=O) groups is 1.